The molecule has 2 rings (SSSR count). The Morgan fingerprint density at radius 1 is 1.38 bits per heavy atom. The molecule has 1 aromatic rings. The lowest BCUT2D eigenvalue weighted by Crippen LogP contribution is -2.34. The molecule has 1 atom stereocenters. The van der Waals surface area contributed by atoms with E-state index in [0.29, 0.717) is 18.7 Å². The number of nitrogens with zero attached hydrogens (tertiary/aromatic N) is 1. The monoisotopic (exact) mass is 344 g/mol. The number of para-hydroxylation sites is 1. The summed E-state index contributed by atoms with van der Waals surface area (Å²) < 4.78 is 41.0. The first-order valence-electron chi connectivity index (χ1n) is 7.69. The van der Waals surface area contributed by atoms with Crippen molar-refractivity contribution in [2.24, 2.45) is 5.92 Å². The highest BCUT2D eigenvalue weighted by molar-refractivity contribution is 5.89. The zero-order chi connectivity index (χ0) is 17.7. The number of carbonyl (C=O) groups excluding carboxylic acids is 2. The highest BCUT2D eigenvalue weighted by Gasteiger charge is 2.33. The zero-order valence-electron chi connectivity index (χ0n) is 13.2. The molecule has 0 spiro atoms. The SMILES string of the molecule is CCN1C[C@@H](C(=O)NCCc2ccccc2OC(F)(F)F)CC1=O. The van der Waals surface area contributed by atoms with Gasteiger partial charge in [0, 0.05) is 26.1 Å². The van der Waals surface area contributed by atoms with Gasteiger partial charge in [0.1, 0.15) is 5.75 Å². The lowest BCUT2D eigenvalue weighted by atomic mass is 10.1. The van der Waals surface area contributed by atoms with E-state index >= 15 is 0 Å². The van der Waals surface area contributed by atoms with Gasteiger partial charge in [0.25, 0.3) is 0 Å². The minimum atomic E-state index is -4.76. The van der Waals surface area contributed by atoms with Crippen molar-refractivity contribution in [1.82, 2.24) is 10.2 Å². The van der Waals surface area contributed by atoms with Gasteiger partial charge in [0.05, 0.1) is 5.92 Å². The van der Waals surface area contributed by atoms with E-state index in [1.165, 1.54) is 18.2 Å². The molecule has 132 valence electrons. The number of benzene rings is 1. The van der Waals surface area contributed by atoms with E-state index in [1.807, 2.05) is 6.92 Å². The van der Waals surface area contributed by atoms with Crippen LogP contribution in [0.5, 0.6) is 5.75 Å². The Kier molecular flexibility index (Phi) is 5.69. The molecule has 1 heterocycles. The van der Waals surface area contributed by atoms with Gasteiger partial charge in [-0.1, -0.05) is 18.2 Å². The van der Waals surface area contributed by atoms with Crippen LogP contribution in [0.4, 0.5) is 13.2 Å². The number of rotatable bonds is 6. The third-order valence-corrected chi connectivity index (χ3v) is 3.86. The number of likely N-dealkylation sites (tertiary alicyclic amines) is 1. The number of hydrogen-bond donors (Lipinski definition) is 1. The molecule has 1 aliphatic heterocycles. The molecule has 0 radical (unpaired) electrons. The van der Waals surface area contributed by atoms with E-state index < -0.39 is 12.3 Å². The van der Waals surface area contributed by atoms with Crippen molar-refractivity contribution in [2.75, 3.05) is 19.6 Å². The van der Waals surface area contributed by atoms with Gasteiger partial charge in [-0.25, -0.2) is 0 Å². The van der Waals surface area contributed by atoms with Gasteiger partial charge in [-0.2, -0.15) is 0 Å². The van der Waals surface area contributed by atoms with Crippen molar-refractivity contribution in [3.63, 3.8) is 0 Å². The van der Waals surface area contributed by atoms with Crippen LogP contribution < -0.4 is 10.1 Å². The molecule has 1 aromatic carbocycles. The van der Waals surface area contributed by atoms with Crippen molar-refractivity contribution in [3.05, 3.63) is 29.8 Å². The molecule has 1 N–H and O–H groups in total. The molecular weight excluding hydrogens is 325 g/mol. The van der Waals surface area contributed by atoms with Crippen LogP contribution in [0.3, 0.4) is 0 Å². The van der Waals surface area contributed by atoms with Crippen LogP contribution in [0.15, 0.2) is 24.3 Å². The first-order chi connectivity index (χ1) is 11.3. The molecule has 5 nitrogen and oxygen atoms in total. The highest BCUT2D eigenvalue weighted by atomic mass is 19.4. The maximum Gasteiger partial charge on any atom is 0.573 e. The summed E-state index contributed by atoms with van der Waals surface area (Å²) in [6, 6.07) is 5.81. The summed E-state index contributed by atoms with van der Waals surface area (Å²) in [5.74, 6) is -0.985. The summed E-state index contributed by atoms with van der Waals surface area (Å²) >= 11 is 0. The Morgan fingerprint density at radius 3 is 2.71 bits per heavy atom. The Labute approximate surface area is 137 Å². The highest BCUT2D eigenvalue weighted by Crippen LogP contribution is 2.26. The Hall–Kier alpha value is -2.25. The molecule has 1 saturated heterocycles. The lowest BCUT2D eigenvalue weighted by Gasteiger charge is -2.15. The van der Waals surface area contributed by atoms with Crippen LogP contribution in [0.2, 0.25) is 0 Å². The van der Waals surface area contributed by atoms with Gasteiger partial charge in [0.15, 0.2) is 0 Å². The maximum absolute atomic E-state index is 12.4. The van der Waals surface area contributed by atoms with Crippen LogP contribution in [0.1, 0.15) is 18.9 Å². The predicted octanol–water partition coefficient (Wildman–Crippen LogP) is 2.11. The number of nitrogens with one attached hydrogen (secondary N) is 1. The van der Waals surface area contributed by atoms with Crippen LogP contribution in [-0.4, -0.2) is 42.7 Å². The number of ether oxygens (including phenoxy) is 1. The van der Waals surface area contributed by atoms with E-state index in [-0.39, 0.29) is 37.0 Å². The second kappa shape index (κ2) is 7.55. The molecule has 2 amide bonds. The second-order valence-electron chi connectivity index (χ2n) is 5.53. The Bertz CT molecular complexity index is 604. The number of halogens is 3. The number of alkyl halides is 3. The van der Waals surface area contributed by atoms with Gasteiger partial charge in [0.2, 0.25) is 11.8 Å². The summed E-state index contributed by atoms with van der Waals surface area (Å²) in [7, 11) is 0. The first-order valence-corrected chi connectivity index (χ1v) is 7.69. The van der Waals surface area contributed by atoms with Gasteiger partial charge in [-0.05, 0) is 25.0 Å². The van der Waals surface area contributed by atoms with Crippen molar-refractivity contribution in [3.8, 4) is 5.75 Å². The quantitative estimate of drug-likeness (QED) is 0.860. The zero-order valence-corrected chi connectivity index (χ0v) is 13.2. The van der Waals surface area contributed by atoms with E-state index in [4.69, 9.17) is 0 Å². The normalized spacial score (nSPS) is 17.9. The third-order valence-electron chi connectivity index (χ3n) is 3.86. The van der Waals surface area contributed by atoms with Gasteiger partial charge in [-0.3, -0.25) is 9.59 Å². The summed E-state index contributed by atoms with van der Waals surface area (Å²) in [5, 5.41) is 2.67. The molecule has 0 unspecified atom stereocenters. The predicted molar refractivity (Wildman–Crippen MR) is 80.2 cm³/mol. The topological polar surface area (TPSA) is 58.6 Å². The fourth-order valence-corrected chi connectivity index (χ4v) is 2.65. The van der Waals surface area contributed by atoms with Crippen molar-refractivity contribution < 1.29 is 27.5 Å². The largest absolute Gasteiger partial charge is 0.573 e. The molecule has 1 aliphatic rings. The van der Waals surface area contributed by atoms with E-state index in [2.05, 4.69) is 10.1 Å². The van der Waals surface area contributed by atoms with Gasteiger partial charge < -0.3 is 15.0 Å². The first kappa shape index (κ1) is 18.1. The van der Waals surface area contributed by atoms with Crippen molar-refractivity contribution in [1.29, 1.82) is 0 Å². The number of amides is 2. The Balaban J connectivity index is 1.86. The fraction of sp³-hybridized carbons (Fsp3) is 0.500. The molecule has 8 heteroatoms. The van der Waals surface area contributed by atoms with Crippen LogP contribution >= 0.6 is 0 Å². The Morgan fingerprint density at radius 2 is 2.08 bits per heavy atom. The second-order valence-corrected chi connectivity index (χ2v) is 5.53. The van der Waals surface area contributed by atoms with E-state index in [0.717, 1.165) is 0 Å². The summed E-state index contributed by atoms with van der Waals surface area (Å²) in [6.45, 7) is 2.96. The standard InChI is InChI=1S/C16H19F3N2O3/c1-2-21-10-12(9-14(21)22)15(23)20-8-7-11-5-3-4-6-13(11)24-16(17,18)19/h3-6,12H,2,7-10H2,1H3,(H,20,23)/t12-/m0/s1. The molecule has 1 fully saturated rings. The smallest absolute Gasteiger partial charge is 0.406 e. The van der Waals surface area contributed by atoms with E-state index in [1.54, 1.807) is 11.0 Å². The molecular formula is C16H19F3N2O3. The minimum Gasteiger partial charge on any atom is -0.406 e. The third kappa shape index (κ3) is 4.87. The fourth-order valence-electron chi connectivity index (χ4n) is 2.65. The number of hydrogen-bond acceptors (Lipinski definition) is 3. The van der Waals surface area contributed by atoms with Crippen LogP contribution in [0, 0.1) is 5.92 Å². The van der Waals surface area contributed by atoms with Crippen molar-refractivity contribution >= 4 is 11.8 Å². The maximum atomic E-state index is 12.4. The lowest BCUT2D eigenvalue weighted by molar-refractivity contribution is -0.274. The summed E-state index contributed by atoms with van der Waals surface area (Å²) in [4.78, 5) is 25.3. The minimum absolute atomic E-state index is 0.0541. The van der Waals surface area contributed by atoms with Crippen LogP contribution in [0.25, 0.3) is 0 Å². The molecule has 0 aliphatic carbocycles. The average molecular weight is 344 g/mol. The molecule has 0 aromatic heterocycles. The number of carbonyl (C=O) groups is 2. The van der Waals surface area contributed by atoms with Crippen LogP contribution in [-0.2, 0) is 16.0 Å². The van der Waals surface area contributed by atoms with E-state index in [9.17, 15) is 22.8 Å². The molecule has 0 saturated carbocycles. The van der Waals surface area contributed by atoms with Crippen molar-refractivity contribution in [2.45, 2.75) is 26.1 Å². The molecule has 24 heavy (non-hydrogen) atoms. The van der Waals surface area contributed by atoms with Gasteiger partial charge >= 0.3 is 6.36 Å². The average Bonchev–Trinajstić information content (AvgIpc) is 2.88. The summed E-state index contributed by atoms with van der Waals surface area (Å²) in [6.07, 6.45) is -4.38. The molecule has 0 bridgehead atoms. The van der Waals surface area contributed by atoms with Gasteiger partial charge in [-0.15, -0.1) is 13.2 Å². The summed E-state index contributed by atoms with van der Waals surface area (Å²) in [5.41, 5.74) is 0.354.